The molecule has 0 aliphatic carbocycles. The van der Waals surface area contributed by atoms with Crippen LogP contribution in [0.4, 0.5) is 0 Å². The molecular formula is C11H18N4O2. The Hall–Kier alpha value is -1.69. The minimum Gasteiger partial charge on any atom is -0.335 e. The number of nitrogens with two attached hydrogens (primary N) is 1. The summed E-state index contributed by atoms with van der Waals surface area (Å²) in [7, 11) is 0. The van der Waals surface area contributed by atoms with E-state index in [9.17, 15) is 9.59 Å². The summed E-state index contributed by atoms with van der Waals surface area (Å²) in [6, 6.07) is 2.79. The number of rotatable bonds is 5. The molecule has 0 bridgehead atoms. The van der Waals surface area contributed by atoms with Crippen LogP contribution in [0, 0.1) is 0 Å². The zero-order chi connectivity index (χ0) is 12.8. The first-order valence-corrected chi connectivity index (χ1v) is 5.63. The highest BCUT2D eigenvalue weighted by atomic mass is 16.2. The Morgan fingerprint density at radius 2 is 2.24 bits per heavy atom. The van der Waals surface area contributed by atoms with Gasteiger partial charge in [0, 0.05) is 18.7 Å². The summed E-state index contributed by atoms with van der Waals surface area (Å²) in [5.74, 6) is -0.190. The topological polar surface area (TPSA) is 92.1 Å². The zero-order valence-corrected chi connectivity index (χ0v) is 10.1. The molecule has 1 aromatic rings. The van der Waals surface area contributed by atoms with Crippen LogP contribution in [0.5, 0.6) is 0 Å². The average molecular weight is 238 g/mol. The Kier molecular flexibility index (Phi) is 4.84. The highest BCUT2D eigenvalue weighted by Gasteiger charge is 2.19. The molecule has 1 amide bonds. The van der Waals surface area contributed by atoms with E-state index >= 15 is 0 Å². The highest BCUT2D eigenvalue weighted by Crippen LogP contribution is 2.05. The summed E-state index contributed by atoms with van der Waals surface area (Å²) in [6.45, 7) is 4.99. The lowest BCUT2D eigenvalue weighted by atomic mass is 10.2. The number of amides is 1. The third-order valence-electron chi connectivity index (χ3n) is 2.39. The number of H-pyrrole nitrogens is 1. The molecule has 6 heteroatoms. The number of carbonyl (C=O) groups is 1. The van der Waals surface area contributed by atoms with Gasteiger partial charge in [0.25, 0.3) is 11.5 Å². The van der Waals surface area contributed by atoms with Crippen LogP contribution < -0.4 is 11.3 Å². The van der Waals surface area contributed by atoms with Gasteiger partial charge >= 0.3 is 0 Å². The van der Waals surface area contributed by atoms with E-state index in [2.05, 4.69) is 10.2 Å². The second kappa shape index (κ2) is 6.15. The summed E-state index contributed by atoms with van der Waals surface area (Å²) in [5, 5.41) is 5.98. The number of hydrogen-bond acceptors (Lipinski definition) is 4. The molecule has 0 unspecified atom stereocenters. The fourth-order valence-corrected chi connectivity index (χ4v) is 1.47. The lowest BCUT2D eigenvalue weighted by molar-refractivity contribution is 0.0697. The van der Waals surface area contributed by atoms with Gasteiger partial charge in [0.2, 0.25) is 0 Å². The molecule has 0 aromatic carbocycles. The molecule has 0 aliphatic heterocycles. The standard InChI is InChI=1S/C11H18N4O2/c1-8(2)15(7-3-6-12)11(17)9-4-5-10(16)14-13-9/h4-5,8H,3,6-7,12H2,1-2H3,(H,14,16). The summed E-state index contributed by atoms with van der Waals surface area (Å²) in [5.41, 5.74) is 5.36. The van der Waals surface area contributed by atoms with Crippen LogP contribution in [0.1, 0.15) is 30.8 Å². The van der Waals surface area contributed by atoms with Crippen molar-refractivity contribution in [3.63, 3.8) is 0 Å². The van der Waals surface area contributed by atoms with Crippen molar-refractivity contribution in [1.82, 2.24) is 15.1 Å². The van der Waals surface area contributed by atoms with Crippen molar-refractivity contribution < 1.29 is 4.79 Å². The fourth-order valence-electron chi connectivity index (χ4n) is 1.47. The molecule has 17 heavy (non-hydrogen) atoms. The minimum atomic E-state index is -0.320. The van der Waals surface area contributed by atoms with E-state index in [0.29, 0.717) is 13.1 Å². The van der Waals surface area contributed by atoms with Gasteiger partial charge in [0.1, 0.15) is 5.69 Å². The molecular weight excluding hydrogens is 220 g/mol. The molecule has 0 aliphatic rings. The molecule has 1 aromatic heterocycles. The van der Waals surface area contributed by atoms with E-state index in [4.69, 9.17) is 5.73 Å². The van der Waals surface area contributed by atoms with Gasteiger partial charge in [-0.3, -0.25) is 9.59 Å². The molecule has 1 rings (SSSR count). The average Bonchev–Trinajstić information content (AvgIpc) is 2.29. The van der Waals surface area contributed by atoms with Crippen molar-refractivity contribution in [2.24, 2.45) is 5.73 Å². The number of nitrogens with one attached hydrogen (secondary N) is 1. The van der Waals surface area contributed by atoms with Crippen LogP contribution in [0.3, 0.4) is 0 Å². The molecule has 0 fully saturated rings. The van der Waals surface area contributed by atoms with Crippen molar-refractivity contribution in [3.05, 3.63) is 28.2 Å². The number of carbonyl (C=O) groups excluding carboxylic acids is 1. The molecule has 0 spiro atoms. The third kappa shape index (κ3) is 3.67. The summed E-state index contributed by atoms with van der Waals surface area (Å²) in [6.07, 6.45) is 0.743. The van der Waals surface area contributed by atoms with Gasteiger partial charge < -0.3 is 10.6 Å². The Balaban J connectivity index is 2.83. The van der Waals surface area contributed by atoms with E-state index in [1.165, 1.54) is 12.1 Å². The molecule has 0 atom stereocenters. The quantitative estimate of drug-likeness (QED) is 0.753. The van der Waals surface area contributed by atoms with Gasteiger partial charge in [-0.25, -0.2) is 5.10 Å². The van der Waals surface area contributed by atoms with Gasteiger partial charge in [-0.05, 0) is 32.9 Å². The fraction of sp³-hybridized carbons (Fsp3) is 0.545. The number of aromatic nitrogens is 2. The van der Waals surface area contributed by atoms with Gasteiger partial charge in [-0.2, -0.15) is 5.10 Å². The maximum absolute atomic E-state index is 12.1. The number of aromatic amines is 1. The van der Waals surface area contributed by atoms with E-state index in [1.54, 1.807) is 4.90 Å². The predicted octanol–water partition coefficient (Wildman–Crippen LogP) is -0.0307. The third-order valence-corrected chi connectivity index (χ3v) is 2.39. The molecule has 3 N–H and O–H groups in total. The van der Waals surface area contributed by atoms with Crippen molar-refractivity contribution in [2.75, 3.05) is 13.1 Å². The van der Waals surface area contributed by atoms with Crippen LogP contribution >= 0.6 is 0 Å². The number of hydrogen-bond donors (Lipinski definition) is 2. The van der Waals surface area contributed by atoms with Crippen LogP contribution in [-0.4, -0.2) is 40.1 Å². The Morgan fingerprint density at radius 3 is 2.71 bits per heavy atom. The first kappa shape index (κ1) is 13.4. The smallest absolute Gasteiger partial charge is 0.274 e. The maximum atomic E-state index is 12.1. The number of nitrogens with zero attached hydrogens (tertiary/aromatic N) is 2. The van der Waals surface area contributed by atoms with E-state index in [-0.39, 0.29) is 23.2 Å². The second-order valence-corrected chi connectivity index (χ2v) is 4.04. The monoisotopic (exact) mass is 238 g/mol. The van der Waals surface area contributed by atoms with Gasteiger partial charge in [0.05, 0.1) is 0 Å². The van der Waals surface area contributed by atoms with Crippen LogP contribution in [0.25, 0.3) is 0 Å². The molecule has 0 saturated carbocycles. The van der Waals surface area contributed by atoms with Crippen molar-refractivity contribution in [1.29, 1.82) is 0 Å². The summed E-state index contributed by atoms with van der Waals surface area (Å²) >= 11 is 0. The summed E-state index contributed by atoms with van der Waals surface area (Å²) < 4.78 is 0. The van der Waals surface area contributed by atoms with E-state index < -0.39 is 0 Å². The lowest BCUT2D eigenvalue weighted by Gasteiger charge is -2.26. The van der Waals surface area contributed by atoms with Crippen LogP contribution in [0.15, 0.2) is 16.9 Å². The Bertz CT molecular complexity index is 407. The second-order valence-electron chi connectivity index (χ2n) is 4.04. The highest BCUT2D eigenvalue weighted by molar-refractivity contribution is 5.92. The van der Waals surface area contributed by atoms with Crippen molar-refractivity contribution in [3.8, 4) is 0 Å². The van der Waals surface area contributed by atoms with E-state index in [0.717, 1.165) is 6.42 Å². The van der Waals surface area contributed by atoms with E-state index in [1.807, 2.05) is 13.8 Å². The molecule has 6 nitrogen and oxygen atoms in total. The van der Waals surface area contributed by atoms with Crippen LogP contribution in [-0.2, 0) is 0 Å². The van der Waals surface area contributed by atoms with Crippen molar-refractivity contribution >= 4 is 5.91 Å². The van der Waals surface area contributed by atoms with Gasteiger partial charge in [0.15, 0.2) is 0 Å². The molecule has 94 valence electrons. The zero-order valence-electron chi connectivity index (χ0n) is 10.1. The van der Waals surface area contributed by atoms with Gasteiger partial charge in [-0.1, -0.05) is 0 Å². The normalized spacial score (nSPS) is 10.6. The first-order chi connectivity index (χ1) is 8.06. The van der Waals surface area contributed by atoms with Gasteiger partial charge in [-0.15, -0.1) is 0 Å². The Morgan fingerprint density at radius 1 is 1.53 bits per heavy atom. The summed E-state index contributed by atoms with van der Waals surface area (Å²) in [4.78, 5) is 24.7. The lowest BCUT2D eigenvalue weighted by Crippen LogP contribution is -2.39. The first-order valence-electron chi connectivity index (χ1n) is 5.63. The molecule has 0 saturated heterocycles. The maximum Gasteiger partial charge on any atom is 0.274 e. The largest absolute Gasteiger partial charge is 0.335 e. The van der Waals surface area contributed by atoms with Crippen molar-refractivity contribution in [2.45, 2.75) is 26.3 Å². The minimum absolute atomic E-state index is 0.0720. The van der Waals surface area contributed by atoms with Crippen LogP contribution in [0.2, 0.25) is 0 Å². The molecule has 1 heterocycles. The SMILES string of the molecule is CC(C)N(CCCN)C(=O)c1ccc(=O)[nH]n1. The molecule has 0 radical (unpaired) electrons. The predicted molar refractivity (Wildman–Crippen MR) is 64.7 cm³/mol. The Labute approximate surface area is 99.8 Å².